The quantitative estimate of drug-likeness (QED) is 0.766. The molecule has 2 aromatic rings. The highest BCUT2D eigenvalue weighted by atomic mass is 16.5. The summed E-state index contributed by atoms with van der Waals surface area (Å²) in [6.07, 6.45) is 10.7. The van der Waals surface area contributed by atoms with Crippen molar-refractivity contribution in [1.82, 2.24) is 14.9 Å². The lowest BCUT2D eigenvalue weighted by Crippen LogP contribution is -2.40. The molecule has 1 fully saturated rings. The fourth-order valence-electron chi connectivity index (χ4n) is 3.58. The lowest BCUT2D eigenvalue weighted by Gasteiger charge is -2.33. The number of aromatic nitrogens is 2. The van der Waals surface area contributed by atoms with Gasteiger partial charge in [0.05, 0.1) is 12.8 Å². The molecule has 5 nitrogen and oxygen atoms in total. The van der Waals surface area contributed by atoms with Crippen LogP contribution in [0.5, 0.6) is 5.75 Å². The van der Waals surface area contributed by atoms with E-state index in [2.05, 4.69) is 22.1 Å². The van der Waals surface area contributed by atoms with Gasteiger partial charge in [-0.3, -0.25) is 14.8 Å². The summed E-state index contributed by atoms with van der Waals surface area (Å²) >= 11 is 0. The molecule has 2 heterocycles. The molecule has 1 saturated heterocycles. The molecule has 0 N–H and O–H groups in total. The molecule has 138 valence electrons. The summed E-state index contributed by atoms with van der Waals surface area (Å²) in [6.45, 7) is 1.76. The fourth-order valence-corrected chi connectivity index (χ4v) is 3.58. The Bertz CT molecular complexity index is 705. The molecule has 0 unspecified atom stereocenters. The van der Waals surface area contributed by atoms with Crippen LogP contribution in [0, 0.1) is 5.92 Å². The third-order valence-electron chi connectivity index (χ3n) is 5.06. The number of likely N-dealkylation sites (tertiary alicyclic amines) is 1. The van der Waals surface area contributed by atoms with Crippen LogP contribution in [0.15, 0.2) is 42.9 Å². The Morgan fingerprint density at radius 3 is 3.04 bits per heavy atom. The number of carbonyl (C=O) groups excluding carboxylic acids is 1. The van der Waals surface area contributed by atoms with Gasteiger partial charge >= 0.3 is 0 Å². The van der Waals surface area contributed by atoms with E-state index >= 15 is 0 Å². The van der Waals surface area contributed by atoms with Gasteiger partial charge in [-0.1, -0.05) is 12.1 Å². The summed E-state index contributed by atoms with van der Waals surface area (Å²) in [4.78, 5) is 22.9. The number of ether oxygens (including phenoxy) is 1. The first-order valence-electron chi connectivity index (χ1n) is 9.40. The van der Waals surface area contributed by atoms with Gasteiger partial charge in [0.1, 0.15) is 5.75 Å². The van der Waals surface area contributed by atoms with E-state index in [4.69, 9.17) is 4.74 Å². The summed E-state index contributed by atoms with van der Waals surface area (Å²) in [5.41, 5.74) is 2.18. The number of rotatable bonds is 7. The second-order valence-corrected chi connectivity index (χ2v) is 6.93. The first-order chi connectivity index (χ1) is 12.7. The minimum absolute atomic E-state index is 0.238. The third-order valence-corrected chi connectivity index (χ3v) is 5.06. The molecule has 0 radical (unpaired) electrons. The average molecular weight is 353 g/mol. The zero-order valence-electron chi connectivity index (χ0n) is 15.4. The molecule has 5 heteroatoms. The molecule has 3 rings (SSSR count). The highest BCUT2D eigenvalue weighted by molar-refractivity contribution is 5.76. The Morgan fingerprint density at radius 1 is 1.31 bits per heavy atom. The van der Waals surface area contributed by atoms with Crippen LogP contribution in [-0.2, 0) is 17.6 Å². The number of piperidine rings is 1. The van der Waals surface area contributed by atoms with Crippen molar-refractivity contribution in [1.29, 1.82) is 0 Å². The molecule has 1 aromatic heterocycles. The van der Waals surface area contributed by atoms with Crippen molar-refractivity contribution in [2.24, 2.45) is 5.92 Å². The molecule has 26 heavy (non-hydrogen) atoms. The maximum atomic E-state index is 12.5. The van der Waals surface area contributed by atoms with Crippen LogP contribution in [0.1, 0.15) is 36.9 Å². The van der Waals surface area contributed by atoms with Crippen molar-refractivity contribution >= 4 is 5.91 Å². The van der Waals surface area contributed by atoms with E-state index in [0.29, 0.717) is 18.8 Å². The van der Waals surface area contributed by atoms with Crippen LogP contribution in [-0.4, -0.2) is 41.0 Å². The van der Waals surface area contributed by atoms with E-state index in [9.17, 15) is 4.79 Å². The Morgan fingerprint density at radius 2 is 2.23 bits per heavy atom. The molecular formula is C21H27N3O2. The summed E-state index contributed by atoms with van der Waals surface area (Å²) in [5, 5.41) is 0. The lowest BCUT2D eigenvalue weighted by molar-refractivity contribution is -0.133. The van der Waals surface area contributed by atoms with E-state index in [1.807, 2.05) is 17.0 Å². The lowest BCUT2D eigenvalue weighted by atomic mass is 9.91. The maximum absolute atomic E-state index is 12.5. The van der Waals surface area contributed by atoms with E-state index < -0.39 is 0 Å². The largest absolute Gasteiger partial charge is 0.497 e. The molecule has 1 aliphatic heterocycles. The zero-order chi connectivity index (χ0) is 18.2. The van der Waals surface area contributed by atoms with Gasteiger partial charge in [-0.05, 0) is 55.7 Å². The molecular weight excluding hydrogens is 326 g/mol. The topological polar surface area (TPSA) is 55.3 Å². The monoisotopic (exact) mass is 353 g/mol. The predicted octanol–water partition coefficient (Wildman–Crippen LogP) is 3.29. The molecule has 1 aliphatic rings. The predicted molar refractivity (Wildman–Crippen MR) is 101 cm³/mol. The molecule has 0 bridgehead atoms. The molecule has 0 aliphatic carbocycles. The van der Waals surface area contributed by atoms with Crippen LogP contribution in [0.25, 0.3) is 0 Å². The minimum Gasteiger partial charge on any atom is -0.497 e. The van der Waals surface area contributed by atoms with Crippen LogP contribution < -0.4 is 4.74 Å². The van der Waals surface area contributed by atoms with Gasteiger partial charge in [0.15, 0.2) is 0 Å². The number of hydrogen-bond donors (Lipinski definition) is 0. The van der Waals surface area contributed by atoms with Crippen LogP contribution in [0.4, 0.5) is 0 Å². The number of amides is 1. The molecule has 1 atom stereocenters. The number of hydrogen-bond acceptors (Lipinski definition) is 4. The smallest absolute Gasteiger partial charge is 0.222 e. The van der Waals surface area contributed by atoms with Crippen LogP contribution >= 0.6 is 0 Å². The summed E-state index contributed by atoms with van der Waals surface area (Å²) in [5.74, 6) is 1.73. The summed E-state index contributed by atoms with van der Waals surface area (Å²) in [6, 6.07) is 8.26. The van der Waals surface area contributed by atoms with Gasteiger partial charge in [0.2, 0.25) is 5.91 Å². The van der Waals surface area contributed by atoms with Crippen LogP contribution in [0.3, 0.4) is 0 Å². The standard InChI is InChI=1S/C21H27N3O2/c1-26-20-6-2-4-17(14-20)7-8-18-5-3-13-24(16-18)21(25)10-9-19-15-22-11-12-23-19/h2,4,6,11-12,14-15,18H,3,5,7-10,13,16H2,1H3/t18-/m1/s1. The Hall–Kier alpha value is -2.43. The Balaban J connectivity index is 1.46. The molecule has 0 spiro atoms. The SMILES string of the molecule is COc1cccc(CC[C@H]2CCCN(C(=O)CCc3cnccn3)C2)c1. The zero-order valence-corrected chi connectivity index (χ0v) is 15.4. The molecule has 0 saturated carbocycles. The first kappa shape index (κ1) is 18.4. The van der Waals surface area contributed by atoms with Crippen molar-refractivity contribution in [3.8, 4) is 5.75 Å². The highest BCUT2D eigenvalue weighted by Crippen LogP contribution is 2.23. The van der Waals surface area contributed by atoms with Gasteiger partial charge in [-0.2, -0.15) is 0 Å². The number of benzene rings is 1. The normalized spacial score (nSPS) is 17.1. The Kier molecular flexibility index (Phi) is 6.58. The number of carbonyl (C=O) groups is 1. The fraction of sp³-hybridized carbons (Fsp3) is 0.476. The third kappa shape index (κ3) is 5.28. The summed E-state index contributed by atoms with van der Waals surface area (Å²) < 4.78 is 5.30. The number of aryl methyl sites for hydroxylation is 2. The molecule has 1 amide bonds. The number of methoxy groups -OCH3 is 1. The minimum atomic E-state index is 0.238. The summed E-state index contributed by atoms with van der Waals surface area (Å²) in [7, 11) is 1.70. The maximum Gasteiger partial charge on any atom is 0.222 e. The van der Waals surface area contributed by atoms with Gasteiger partial charge < -0.3 is 9.64 Å². The van der Waals surface area contributed by atoms with Gasteiger partial charge in [-0.25, -0.2) is 0 Å². The average Bonchev–Trinajstić information content (AvgIpc) is 2.71. The number of nitrogens with zero attached hydrogens (tertiary/aromatic N) is 3. The second kappa shape index (κ2) is 9.32. The van der Waals surface area contributed by atoms with Crippen molar-refractivity contribution in [2.45, 2.75) is 38.5 Å². The van der Waals surface area contributed by atoms with Crippen molar-refractivity contribution in [3.05, 3.63) is 54.1 Å². The van der Waals surface area contributed by atoms with Crippen molar-refractivity contribution in [3.63, 3.8) is 0 Å². The Labute approximate surface area is 155 Å². The van der Waals surface area contributed by atoms with Crippen molar-refractivity contribution < 1.29 is 9.53 Å². The van der Waals surface area contributed by atoms with Gasteiger partial charge in [-0.15, -0.1) is 0 Å². The van der Waals surface area contributed by atoms with Crippen molar-refractivity contribution in [2.75, 3.05) is 20.2 Å². The van der Waals surface area contributed by atoms with Gasteiger partial charge in [0.25, 0.3) is 0 Å². The molecule has 1 aromatic carbocycles. The van der Waals surface area contributed by atoms with Gasteiger partial charge in [0, 0.05) is 38.1 Å². The highest BCUT2D eigenvalue weighted by Gasteiger charge is 2.23. The second-order valence-electron chi connectivity index (χ2n) is 6.93. The van der Waals surface area contributed by atoms with E-state index in [1.54, 1.807) is 25.7 Å². The van der Waals surface area contributed by atoms with E-state index in [0.717, 1.165) is 43.8 Å². The van der Waals surface area contributed by atoms with Crippen LogP contribution in [0.2, 0.25) is 0 Å². The van der Waals surface area contributed by atoms with E-state index in [-0.39, 0.29) is 5.91 Å². The van der Waals surface area contributed by atoms with E-state index in [1.165, 1.54) is 12.0 Å². The first-order valence-corrected chi connectivity index (χ1v) is 9.40.